The number of fused-ring (bicyclic) bond motifs is 1. The number of hydrogen-bond donors (Lipinski definition) is 2. The number of anilines is 1. The molecule has 1 saturated heterocycles. The Labute approximate surface area is 223 Å². The highest BCUT2D eigenvalue weighted by Gasteiger charge is 2.42. The normalized spacial score (nSPS) is 20.8. The number of para-hydroxylation sites is 1. The smallest absolute Gasteiger partial charge is 0.410 e. The van der Waals surface area contributed by atoms with Gasteiger partial charge in [0.15, 0.2) is 0 Å². The monoisotopic (exact) mass is 520 g/mol. The van der Waals surface area contributed by atoms with Crippen molar-refractivity contribution in [3.63, 3.8) is 0 Å². The molecular weight excluding hydrogens is 484 g/mol. The Hall–Kier alpha value is -3.88. The van der Waals surface area contributed by atoms with E-state index in [9.17, 15) is 14.4 Å². The lowest BCUT2D eigenvalue weighted by Gasteiger charge is -2.44. The first-order chi connectivity index (χ1) is 17.9. The summed E-state index contributed by atoms with van der Waals surface area (Å²) in [5.41, 5.74) is 1.86. The van der Waals surface area contributed by atoms with Gasteiger partial charge in [-0.25, -0.2) is 9.59 Å². The molecule has 38 heavy (non-hydrogen) atoms. The zero-order valence-corrected chi connectivity index (χ0v) is 22.6. The zero-order valence-electron chi connectivity index (χ0n) is 22.6. The number of benzodiazepines with no additional fused rings is 1. The molecule has 0 saturated carbocycles. The number of carbonyl (C=O) groups excluding carboxylic acids is 3. The quantitative estimate of drug-likeness (QED) is 0.583. The highest BCUT2D eigenvalue weighted by atomic mass is 16.6. The fourth-order valence-electron chi connectivity index (χ4n) is 4.62. The minimum atomic E-state index is -1.24. The first-order valence-corrected chi connectivity index (χ1v) is 12.9. The van der Waals surface area contributed by atoms with E-state index < -0.39 is 35.9 Å². The Kier molecular flexibility index (Phi) is 7.76. The lowest BCUT2D eigenvalue weighted by molar-refractivity contribution is -0.117. The SMILES string of the molecule is CC1(C)CCN(C(=O)OC(C)(C)C)[C@@H](C2=N[C@@H](NC(=O)OCc3ccccc3)C(=O)Nc3ccccc32)C1. The van der Waals surface area contributed by atoms with Crippen molar-refractivity contribution in [2.75, 3.05) is 11.9 Å². The van der Waals surface area contributed by atoms with Crippen molar-refractivity contribution >= 4 is 29.5 Å². The Morgan fingerprint density at radius 3 is 2.50 bits per heavy atom. The fourth-order valence-corrected chi connectivity index (χ4v) is 4.62. The van der Waals surface area contributed by atoms with E-state index in [1.165, 1.54) is 0 Å². The molecule has 202 valence electrons. The molecule has 3 amide bonds. The van der Waals surface area contributed by atoms with Gasteiger partial charge in [-0.15, -0.1) is 0 Å². The summed E-state index contributed by atoms with van der Waals surface area (Å²) in [6.45, 7) is 10.3. The van der Waals surface area contributed by atoms with Gasteiger partial charge in [-0.2, -0.15) is 0 Å². The Bertz CT molecular complexity index is 1220. The third kappa shape index (κ3) is 6.70. The molecule has 0 bridgehead atoms. The van der Waals surface area contributed by atoms with Crippen molar-refractivity contribution in [3.05, 3.63) is 65.7 Å². The summed E-state index contributed by atoms with van der Waals surface area (Å²) in [5, 5.41) is 5.46. The summed E-state index contributed by atoms with van der Waals surface area (Å²) < 4.78 is 11.1. The largest absolute Gasteiger partial charge is 0.445 e. The topological polar surface area (TPSA) is 109 Å². The molecule has 2 N–H and O–H groups in total. The molecule has 9 heteroatoms. The molecular formula is C29H36N4O5. The predicted molar refractivity (Wildman–Crippen MR) is 145 cm³/mol. The van der Waals surface area contributed by atoms with E-state index in [2.05, 4.69) is 24.5 Å². The second kappa shape index (κ2) is 10.8. The second-order valence-corrected chi connectivity index (χ2v) is 11.5. The number of alkyl carbamates (subject to hydrolysis) is 1. The van der Waals surface area contributed by atoms with Gasteiger partial charge in [-0.1, -0.05) is 62.4 Å². The van der Waals surface area contributed by atoms with E-state index in [0.717, 1.165) is 12.0 Å². The van der Waals surface area contributed by atoms with Gasteiger partial charge < -0.3 is 14.8 Å². The predicted octanol–water partition coefficient (Wildman–Crippen LogP) is 5.11. The average Bonchev–Trinajstić information content (AvgIpc) is 2.98. The van der Waals surface area contributed by atoms with Gasteiger partial charge in [-0.3, -0.25) is 20.0 Å². The van der Waals surface area contributed by atoms with Crippen molar-refractivity contribution in [3.8, 4) is 0 Å². The molecule has 9 nitrogen and oxygen atoms in total. The Morgan fingerprint density at radius 1 is 1.11 bits per heavy atom. The lowest BCUT2D eigenvalue weighted by Crippen LogP contribution is -2.54. The maximum Gasteiger partial charge on any atom is 0.410 e. The van der Waals surface area contributed by atoms with Gasteiger partial charge in [0.05, 0.1) is 17.4 Å². The third-order valence-electron chi connectivity index (χ3n) is 6.54. The number of carbonyl (C=O) groups is 3. The highest BCUT2D eigenvalue weighted by Crippen LogP contribution is 2.37. The molecule has 0 spiro atoms. The molecule has 2 heterocycles. The number of likely N-dealkylation sites (tertiary alicyclic amines) is 1. The summed E-state index contributed by atoms with van der Waals surface area (Å²) in [6, 6.07) is 16.1. The van der Waals surface area contributed by atoms with Crippen molar-refractivity contribution in [1.82, 2.24) is 10.2 Å². The maximum absolute atomic E-state index is 13.3. The number of piperidine rings is 1. The molecule has 2 atom stereocenters. The maximum atomic E-state index is 13.3. The summed E-state index contributed by atoms with van der Waals surface area (Å²) >= 11 is 0. The van der Waals surface area contributed by atoms with Crippen LogP contribution < -0.4 is 10.6 Å². The number of rotatable bonds is 4. The van der Waals surface area contributed by atoms with Gasteiger partial charge in [-0.05, 0) is 50.7 Å². The van der Waals surface area contributed by atoms with Crippen molar-refractivity contribution in [2.24, 2.45) is 10.4 Å². The van der Waals surface area contributed by atoms with Crippen molar-refractivity contribution < 1.29 is 23.9 Å². The van der Waals surface area contributed by atoms with Crippen molar-refractivity contribution in [2.45, 2.75) is 71.9 Å². The Balaban J connectivity index is 1.66. The molecule has 0 aromatic heterocycles. The number of nitrogens with one attached hydrogen (secondary N) is 2. The standard InChI is InChI=1S/C29H36N4O5/c1-28(2,3)38-27(36)33-16-15-29(4,5)17-22(33)23-20-13-9-10-14-21(20)30-25(34)24(31-23)32-26(35)37-18-19-11-7-6-8-12-19/h6-14,22,24H,15-18H2,1-5H3,(H,30,34)(H,32,35)/t22-,24+/m1/s1. The van der Waals surface area contributed by atoms with Gasteiger partial charge in [0.1, 0.15) is 12.2 Å². The molecule has 0 aliphatic carbocycles. The molecule has 2 aliphatic rings. The van der Waals surface area contributed by atoms with Crippen LogP contribution in [0.5, 0.6) is 0 Å². The molecule has 2 aromatic rings. The molecule has 0 unspecified atom stereocenters. The number of aliphatic imine (C=N–C) groups is 1. The van der Waals surface area contributed by atoms with Gasteiger partial charge in [0.2, 0.25) is 6.17 Å². The van der Waals surface area contributed by atoms with E-state index in [4.69, 9.17) is 14.5 Å². The molecule has 2 aliphatic heterocycles. The molecule has 1 fully saturated rings. The number of amides is 3. The first kappa shape index (κ1) is 27.2. The van der Waals surface area contributed by atoms with Crippen LogP contribution in [-0.2, 0) is 20.9 Å². The van der Waals surface area contributed by atoms with E-state index >= 15 is 0 Å². The lowest BCUT2D eigenvalue weighted by atomic mass is 9.76. The number of benzene rings is 2. The van der Waals surface area contributed by atoms with E-state index in [1.807, 2.05) is 69.3 Å². The average molecular weight is 521 g/mol. The zero-order chi connectivity index (χ0) is 27.5. The summed E-state index contributed by atoms with van der Waals surface area (Å²) in [4.78, 5) is 45.6. The second-order valence-electron chi connectivity index (χ2n) is 11.5. The number of nitrogens with zero attached hydrogens (tertiary/aromatic N) is 2. The van der Waals surface area contributed by atoms with Crippen LogP contribution in [0.3, 0.4) is 0 Å². The van der Waals surface area contributed by atoms with Crippen LogP contribution in [0.15, 0.2) is 59.6 Å². The van der Waals surface area contributed by atoms with Crippen LogP contribution in [0.25, 0.3) is 0 Å². The van der Waals surface area contributed by atoms with E-state index in [-0.39, 0.29) is 12.0 Å². The summed E-state index contributed by atoms with van der Waals surface area (Å²) in [5.74, 6) is -0.497. The van der Waals surface area contributed by atoms with Crippen LogP contribution in [-0.4, -0.2) is 53.1 Å². The minimum absolute atomic E-state index is 0.0566. The third-order valence-corrected chi connectivity index (χ3v) is 6.54. The van der Waals surface area contributed by atoms with Crippen LogP contribution >= 0.6 is 0 Å². The molecule has 2 aromatic carbocycles. The molecule has 4 rings (SSSR count). The minimum Gasteiger partial charge on any atom is -0.445 e. The number of hydrogen-bond acceptors (Lipinski definition) is 6. The highest BCUT2D eigenvalue weighted by molar-refractivity contribution is 6.15. The van der Waals surface area contributed by atoms with E-state index in [1.54, 1.807) is 11.0 Å². The van der Waals surface area contributed by atoms with Crippen LogP contribution in [0, 0.1) is 5.41 Å². The fraction of sp³-hybridized carbons (Fsp3) is 0.448. The Morgan fingerprint density at radius 2 is 1.79 bits per heavy atom. The van der Waals surface area contributed by atoms with Gasteiger partial charge in [0, 0.05) is 12.1 Å². The summed E-state index contributed by atoms with van der Waals surface area (Å²) in [7, 11) is 0. The van der Waals surface area contributed by atoms with Crippen molar-refractivity contribution in [1.29, 1.82) is 0 Å². The van der Waals surface area contributed by atoms with Crippen LogP contribution in [0.4, 0.5) is 15.3 Å². The van der Waals surface area contributed by atoms with Crippen LogP contribution in [0.1, 0.15) is 58.6 Å². The van der Waals surface area contributed by atoms with E-state index in [0.29, 0.717) is 29.9 Å². The first-order valence-electron chi connectivity index (χ1n) is 12.9. The molecule has 0 radical (unpaired) electrons. The number of ether oxygens (including phenoxy) is 2. The van der Waals surface area contributed by atoms with Gasteiger partial charge in [0.25, 0.3) is 5.91 Å². The van der Waals surface area contributed by atoms with Crippen LogP contribution in [0.2, 0.25) is 0 Å². The van der Waals surface area contributed by atoms with Gasteiger partial charge >= 0.3 is 12.2 Å². The summed E-state index contributed by atoms with van der Waals surface area (Å²) in [6.07, 6.45) is -1.04.